The molecule has 0 aliphatic heterocycles. The molecule has 1 unspecified atom stereocenters. The van der Waals surface area contributed by atoms with Gasteiger partial charge in [-0.1, -0.05) is 18.9 Å². The average molecular weight is 296 g/mol. The lowest BCUT2D eigenvalue weighted by molar-refractivity contribution is -0.0646. The number of fused-ring (bicyclic) bond motifs is 5. The van der Waals surface area contributed by atoms with E-state index in [0.29, 0.717) is 23.5 Å². The molecule has 3 aliphatic rings. The molecule has 116 valence electrons. The van der Waals surface area contributed by atoms with E-state index in [1.165, 1.54) is 11.1 Å². The minimum absolute atomic E-state index is 0.128. The van der Waals surface area contributed by atoms with Gasteiger partial charge in [0.2, 0.25) is 0 Å². The van der Waals surface area contributed by atoms with Crippen molar-refractivity contribution in [2.75, 3.05) is 0 Å². The first-order chi connectivity index (χ1) is 10.5. The van der Waals surface area contributed by atoms with Crippen LogP contribution in [0.5, 0.6) is 5.75 Å². The molecule has 5 atom stereocenters. The highest BCUT2D eigenvalue weighted by Crippen LogP contribution is 2.64. The van der Waals surface area contributed by atoms with Crippen molar-refractivity contribution in [2.24, 2.45) is 17.3 Å². The highest BCUT2D eigenvalue weighted by atomic mass is 16.3. The van der Waals surface area contributed by atoms with Gasteiger partial charge in [-0.05, 0) is 79.5 Å². The molecule has 0 heterocycles. The van der Waals surface area contributed by atoms with Crippen LogP contribution in [-0.2, 0) is 6.42 Å². The van der Waals surface area contributed by atoms with E-state index in [9.17, 15) is 10.2 Å². The summed E-state index contributed by atoms with van der Waals surface area (Å²) in [6.45, 7) is 2.22. The number of phenols is 1. The third-order valence-corrected chi connectivity index (χ3v) is 7.10. The predicted molar refractivity (Wildman–Crippen MR) is 86.5 cm³/mol. The van der Waals surface area contributed by atoms with E-state index >= 15 is 0 Å². The van der Waals surface area contributed by atoms with Crippen LogP contribution in [0.4, 0.5) is 0 Å². The van der Waals surface area contributed by atoms with Gasteiger partial charge in [0.05, 0.1) is 0 Å². The molecule has 0 amide bonds. The van der Waals surface area contributed by atoms with Crippen LogP contribution in [0.2, 0.25) is 0 Å². The number of aryl methyl sites for hydroxylation is 1. The molecule has 0 saturated heterocycles. The zero-order chi connectivity index (χ0) is 15.5. The molecule has 4 rings (SSSR count). The summed E-state index contributed by atoms with van der Waals surface area (Å²) in [7, 11) is 0. The molecule has 2 fully saturated rings. The van der Waals surface area contributed by atoms with Crippen LogP contribution in [0.3, 0.4) is 0 Å². The maximum absolute atomic E-state index is 10.9. The molecular formula is C20H24O2. The summed E-state index contributed by atoms with van der Waals surface area (Å²) in [6, 6.07) is 5.87. The smallest absolute Gasteiger partial charge is 0.130 e. The topological polar surface area (TPSA) is 40.5 Å². The summed E-state index contributed by atoms with van der Waals surface area (Å²) >= 11 is 0. The maximum atomic E-state index is 10.9. The van der Waals surface area contributed by atoms with Crippen molar-refractivity contribution in [3.05, 3.63) is 29.3 Å². The molecule has 3 aliphatic carbocycles. The summed E-state index contributed by atoms with van der Waals surface area (Å²) in [4.78, 5) is 0. The number of hydrogen-bond acceptors (Lipinski definition) is 2. The van der Waals surface area contributed by atoms with E-state index in [1.54, 1.807) is 0 Å². The third-order valence-electron chi connectivity index (χ3n) is 7.10. The third kappa shape index (κ3) is 1.66. The Bertz CT molecular complexity index is 658. The Balaban J connectivity index is 1.72. The highest BCUT2D eigenvalue weighted by Gasteiger charge is 2.61. The van der Waals surface area contributed by atoms with Crippen LogP contribution in [0.1, 0.15) is 56.1 Å². The first-order valence-corrected chi connectivity index (χ1v) is 8.50. The molecule has 2 heteroatoms. The molecule has 0 bridgehead atoms. The van der Waals surface area contributed by atoms with Crippen molar-refractivity contribution in [2.45, 2.75) is 57.0 Å². The van der Waals surface area contributed by atoms with Gasteiger partial charge in [-0.3, -0.25) is 0 Å². The zero-order valence-electron chi connectivity index (χ0n) is 13.2. The van der Waals surface area contributed by atoms with Gasteiger partial charge < -0.3 is 10.2 Å². The summed E-state index contributed by atoms with van der Waals surface area (Å²) in [5, 5.41) is 20.6. The van der Waals surface area contributed by atoms with Gasteiger partial charge in [0.1, 0.15) is 11.4 Å². The standard InChI is InChI=1S/C20H24O2/c1-3-20(22)11-9-18-17-6-4-13-12-14(21)5-7-15(13)16(17)8-10-19(18,20)2/h1,5,7,12,16-18,21-22H,4,6,8-11H2,2H3/t16-,17?,18+,19+,20+/m1/s1. The van der Waals surface area contributed by atoms with Gasteiger partial charge >= 0.3 is 0 Å². The van der Waals surface area contributed by atoms with Crippen LogP contribution in [0, 0.1) is 29.6 Å². The van der Waals surface area contributed by atoms with E-state index in [1.807, 2.05) is 12.1 Å². The van der Waals surface area contributed by atoms with Crippen molar-refractivity contribution in [1.82, 2.24) is 0 Å². The second-order valence-electron chi connectivity index (χ2n) is 7.80. The van der Waals surface area contributed by atoms with Crippen LogP contribution in [0.25, 0.3) is 0 Å². The van der Waals surface area contributed by atoms with Crippen molar-refractivity contribution in [1.29, 1.82) is 0 Å². The summed E-state index contributed by atoms with van der Waals surface area (Å²) < 4.78 is 0. The van der Waals surface area contributed by atoms with Gasteiger partial charge in [-0.15, -0.1) is 6.42 Å². The molecule has 1 aromatic rings. The highest BCUT2D eigenvalue weighted by molar-refractivity contribution is 5.40. The normalized spacial score (nSPS) is 42.9. The second-order valence-corrected chi connectivity index (χ2v) is 7.80. The fourth-order valence-corrected chi connectivity index (χ4v) is 5.82. The Morgan fingerprint density at radius 1 is 1.23 bits per heavy atom. The molecule has 0 spiro atoms. The average Bonchev–Trinajstić information content (AvgIpc) is 2.79. The van der Waals surface area contributed by atoms with Crippen molar-refractivity contribution in [3.8, 4) is 18.1 Å². The molecule has 22 heavy (non-hydrogen) atoms. The molecule has 2 N–H and O–H groups in total. The number of terminal acetylenes is 1. The van der Waals surface area contributed by atoms with Crippen molar-refractivity contribution in [3.63, 3.8) is 0 Å². The van der Waals surface area contributed by atoms with Gasteiger partial charge in [0, 0.05) is 5.41 Å². The van der Waals surface area contributed by atoms with Crippen molar-refractivity contribution < 1.29 is 10.2 Å². The summed E-state index contributed by atoms with van der Waals surface area (Å²) in [5.41, 5.74) is 1.69. The number of phenolic OH excluding ortho intramolecular Hbond substituents is 1. The summed E-state index contributed by atoms with van der Waals surface area (Å²) in [5.74, 6) is 4.82. The van der Waals surface area contributed by atoms with Gasteiger partial charge in [-0.2, -0.15) is 0 Å². The molecule has 1 aromatic carbocycles. The molecule has 0 aromatic heterocycles. The monoisotopic (exact) mass is 296 g/mol. The van der Waals surface area contributed by atoms with Gasteiger partial charge in [0.25, 0.3) is 0 Å². The number of aliphatic hydroxyl groups is 1. The lowest BCUT2D eigenvalue weighted by Crippen LogP contribution is -2.50. The Morgan fingerprint density at radius 2 is 2.05 bits per heavy atom. The SMILES string of the molecule is C#C[C@]1(O)CC[C@H]2C3CCc4cc(O)ccc4[C@H]3CC[C@@]21C. The fraction of sp³-hybridized carbons (Fsp3) is 0.600. The van der Waals surface area contributed by atoms with Crippen LogP contribution >= 0.6 is 0 Å². The summed E-state index contributed by atoms with van der Waals surface area (Å²) in [6.07, 6.45) is 11.8. The Morgan fingerprint density at radius 3 is 2.82 bits per heavy atom. The van der Waals surface area contributed by atoms with Crippen LogP contribution < -0.4 is 0 Å². The Kier molecular flexibility index (Phi) is 2.91. The Labute approximate surface area is 132 Å². The number of benzene rings is 1. The van der Waals surface area contributed by atoms with E-state index in [2.05, 4.69) is 18.9 Å². The first kappa shape index (κ1) is 14.2. The van der Waals surface area contributed by atoms with E-state index in [0.717, 1.165) is 38.5 Å². The molecule has 2 nitrogen and oxygen atoms in total. The van der Waals surface area contributed by atoms with Gasteiger partial charge in [0.15, 0.2) is 0 Å². The maximum Gasteiger partial charge on any atom is 0.130 e. The lowest BCUT2D eigenvalue weighted by atomic mass is 9.53. The molecular weight excluding hydrogens is 272 g/mol. The minimum Gasteiger partial charge on any atom is -0.508 e. The minimum atomic E-state index is -0.919. The number of aromatic hydroxyl groups is 1. The predicted octanol–water partition coefficient (Wildman–Crippen LogP) is 3.61. The van der Waals surface area contributed by atoms with E-state index in [-0.39, 0.29) is 5.41 Å². The Hall–Kier alpha value is -1.46. The zero-order valence-corrected chi connectivity index (χ0v) is 13.2. The van der Waals surface area contributed by atoms with Gasteiger partial charge in [-0.25, -0.2) is 0 Å². The largest absolute Gasteiger partial charge is 0.508 e. The number of hydrogen-bond donors (Lipinski definition) is 2. The fourth-order valence-electron chi connectivity index (χ4n) is 5.82. The first-order valence-electron chi connectivity index (χ1n) is 8.50. The quantitative estimate of drug-likeness (QED) is 0.718. The molecule has 2 saturated carbocycles. The lowest BCUT2D eigenvalue weighted by Gasteiger charge is -2.52. The van der Waals surface area contributed by atoms with Crippen LogP contribution in [0.15, 0.2) is 18.2 Å². The molecule has 0 radical (unpaired) electrons. The van der Waals surface area contributed by atoms with Crippen LogP contribution in [-0.4, -0.2) is 15.8 Å². The van der Waals surface area contributed by atoms with E-state index in [4.69, 9.17) is 6.42 Å². The number of rotatable bonds is 0. The second kappa shape index (κ2) is 4.52. The van der Waals surface area contributed by atoms with Crippen molar-refractivity contribution >= 4 is 0 Å². The van der Waals surface area contributed by atoms with E-state index < -0.39 is 5.60 Å².